The van der Waals surface area contributed by atoms with E-state index in [1.807, 2.05) is 29.2 Å². The van der Waals surface area contributed by atoms with E-state index in [2.05, 4.69) is 17.2 Å². The number of nitrogens with one attached hydrogen (secondary N) is 2. The number of likely N-dealkylation sites (N-methyl/N-ethyl adjacent to an activating group) is 2. The van der Waals surface area contributed by atoms with Crippen LogP contribution >= 0.6 is 0 Å². The summed E-state index contributed by atoms with van der Waals surface area (Å²) >= 11 is 0. The normalized spacial score (nSPS) is 26.5. The summed E-state index contributed by atoms with van der Waals surface area (Å²) in [5, 5.41) is 2.93. The smallest absolute Gasteiger partial charge is 0.330 e. The lowest BCUT2D eigenvalue weighted by Crippen LogP contribution is -2.56. The molecular weight excluding hydrogens is 580 g/mol. The van der Waals surface area contributed by atoms with Gasteiger partial charge in [-0.15, -0.1) is 0 Å². The highest BCUT2D eigenvalue weighted by atomic mass is 16.7. The molecule has 13 nitrogen and oxygen atoms in total. The SMILES string of the molecule is CCCCc1ccc(NC(=O)C2=CCN(C)[C@@H]([C@H](O[C@H]3CC[C@@H](CN)O3)[C@@H]3CC[C@H](n4ccc(=O)[nH]c4=O)O3)C(=O)N2C)cc1. The Bertz CT molecular complexity index is 1490. The van der Waals surface area contributed by atoms with Crippen molar-refractivity contribution in [3.63, 3.8) is 0 Å². The second-order valence-electron chi connectivity index (χ2n) is 12.0. The Morgan fingerprint density at radius 1 is 1.09 bits per heavy atom. The van der Waals surface area contributed by atoms with Crippen molar-refractivity contribution in [2.24, 2.45) is 5.73 Å². The summed E-state index contributed by atoms with van der Waals surface area (Å²) < 4.78 is 20.2. The van der Waals surface area contributed by atoms with Gasteiger partial charge in [0, 0.05) is 44.5 Å². The van der Waals surface area contributed by atoms with Gasteiger partial charge in [0.25, 0.3) is 11.5 Å². The average molecular weight is 625 g/mol. The predicted molar refractivity (Wildman–Crippen MR) is 167 cm³/mol. The van der Waals surface area contributed by atoms with E-state index in [9.17, 15) is 19.2 Å². The minimum Gasteiger partial charge on any atom is -0.352 e. The van der Waals surface area contributed by atoms with E-state index in [1.165, 1.54) is 27.3 Å². The van der Waals surface area contributed by atoms with Crippen molar-refractivity contribution in [3.05, 3.63) is 74.7 Å². The molecule has 1 aromatic carbocycles. The number of anilines is 1. The number of H-pyrrole nitrogens is 1. The fraction of sp³-hybridized carbons (Fsp3) is 0.562. The third-order valence-electron chi connectivity index (χ3n) is 8.77. The molecule has 0 aliphatic carbocycles. The summed E-state index contributed by atoms with van der Waals surface area (Å²) in [5.74, 6) is -0.726. The van der Waals surface area contributed by atoms with Crippen LogP contribution in [0.15, 0.2) is 57.9 Å². The van der Waals surface area contributed by atoms with Gasteiger partial charge < -0.3 is 30.2 Å². The molecule has 6 atom stereocenters. The van der Waals surface area contributed by atoms with Crippen LogP contribution in [0.1, 0.15) is 57.2 Å². The van der Waals surface area contributed by atoms with Crippen LogP contribution in [0.4, 0.5) is 5.69 Å². The van der Waals surface area contributed by atoms with E-state index in [0.29, 0.717) is 38.0 Å². The zero-order valence-electron chi connectivity index (χ0n) is 26.1. The number of hydrogen-bond donors (Lipinski definition) is 3. The molecule has 13 heteroatoms. The maximum absolute atomic E-state index is 14.2. The summed E-state index contributed by atoms with van der Waals surface area (Å²) in [6.45, 7) is 2.81. The summed E-state index contributed by atoms with van der Waals surface area (Å²) in [7, 11) is 3.38. The van der Waals surface area contributed by atoms with Gasteiger partial charge in [0.15, 0.2) is 6.29 Å². The first-order valence-corrected chi connectivity index (χ1v) is 15.7. The number of aromatic amines is 1. The average Bonchev–Trinajstić information content (AvgIpc) is 3.68. The molecule has 0 radical (unpaired) electrons. The molecule has 4 N–H and O–H groups in total. The van der Waals surface area contributed by atoms with E-state index >= 15 is 0 Å². The van der Waals surface area contributed by atoms with Gasteiger partial charge in [-0.25, -0.2) is 4.79 Å². The van der Waals surface area contributed by atoms with Gasteiger partial charge in [0.1, 0.15) is 24.1 Å². The summed E-state index contributed by atoms with van der Waals surface area (Å²) in [4.78, 5) is 57.2. The number of benzene rings is 1. The van der Waals surface area contributed by atoms with Crippen molar-refractivity contribution < 1.29 is 23.8 Å². The number of unbranched alkanes of at least 4 members (excludes halogenated alkanes) is 1. The van der Waals surface area contributed by atoms with Gasteiger partial charge in [0.05, 0.1) is 12.2 Å². The lowest BCUT2D eigenvalue weighted by atomic mass is 10.00. The van der Waals surface area contributed by atoms with E-state index in [4.69, 9.17) is 19.9 Å². The first-order chi connectivity index (χ1) is 21.7. The standard InChI is InChI=1S/C32H44N6O7/c1-4-5-6-20-7-9-21(10-8-20)34-30(40)23-15-17-36(2)28(31(41)37(23)3)29(45-27-14-11-22(19-33)43-27)24-12-13-26(44-24)38-18-16-25(39)35-32(38)42/h7-10,15-16,18,22,24,26-29H,4-6,11-14,17,19,33H2,1-3H3,(H,34,40)(H,35,39,42)/t22-,24-,26+,27-,28-,29+/m0/s1. The molecule has 2 aromatic rings. The number of carbonyl (C=O) groups is 2. The molecular formula is C32H44N6O7. The minimum atomic E-state index is -0.828. The predicted octanol–water partition coefficient (Wildman–Crippen LogP) is 1.70. The highest BCUT2D eigenvalue weighted by Crippen LogP contribution is 2.35. The summed E-state index contributed by atoms with van der Waals surface area (Å²) in [5.41, 5.74) is 6.84. The van der Waals surface area contributed by atoms with E-state index in [1.54, 1.807) is 20.2 Å². The Kier molecular flexibility index (Phi) is 10.7. The number of aryl methyl sites for hydroxylation is 1. The lowest BCUT2D eigenvalue weighted by molar-refractivity contribution is -0.208. The van der Waals surface area contributed by atoms with Crippen LogP contribution in [-0.4, -0.2) is 89.0 Å². The Morgan fingerprint density at radius 3 is 2.56 bits per heavy atom. The van der Waals surface area contributed by atoms with Crippen LogP contribution in [0, 0.1) is 0 Å². The van der Waals surface area contributed by atoms with Gasteiger partial charge >= 0.3 is 5.69 Å². The Hall–Kier alpha value is -3.62. The molecule has 45 heavy (non-hydrogen) atoms. The number of amides is 2. The largest absolute Gasteiger partial charge is 0.352 e. The second kappa shape index (κ2) is 14.6. The molecule has 0 spiro atoms. The third kappa shape index (κ3) is 7.61. The van der Waals surface area contributed by atoms with Gasteiger partial charge in [-0.3, -0.25) is 28.8 Å². The number of nitrogens with zero attached hydrogens (tertiary/aromatic N) is 3. The van der Waals surface area contributed by atoms with Crippen LogP contribution in [0.3, 0.4) is 0 Å². The van der Waals surface area contributed by atoms with Gasteiger partial charge in [-0.05, 0) is 62.9 Å². The maximum Gasteiger partial charge on any atom is 0.330 e. The van der Waals surface area contributed by atoms with E-state index in [0.717, 1.165) is 25.7 Å². The Morgan fingerprint density at radius 2 is 1.87 bits per heavy atom. The third-order valence-corrected chi connectivity index (χ3v) is 8.77. The Labute approximate surface area is 262 Å². The molecule has 0 saturated carbocycles. The zero-order chi connectivity index (χ0) is 32.1. The monoisotopic (exact) mass is 624 g/mol. The molecule has 2 saturated heterocycles. The highest BCUT2D eigenvalue weighted by Gasteiger charge is 2.47. The number of aromatic nitrogens is 2. The van der Waals surface area contributed by atoms with Crippen molar-refractivity contribution in [2.45, 2.75) is 88.7 Å². The molecule has 244 valence electrons. The van der Waals surface area contributed by atoms with Crippen LogP contribution in [0.5, 0.6) is 0 Å². The number of carbonyl (C=O) groups excluding carboxylic acids is 2. The first kappa shape index (κ1) is 32.8. The number of rotatable bonds is 11. The molecule has 0 bridgehead atoms. The minimum absolute atomic E-state index is 0.143. The van der Waals surface area contributed by atoms with Crippen LogP contribution in [-0.2, 0) is 30.2 Å². The van der Waals surface area contributed by atoms with Gasteiger partial charge in [-0.1, -0.05) is 25.5 Å². The molecule has 2 amide bonds. The van der Waals surface area contributed by atoms with Crippen molar-refractivity contribution in [2.75, 3.05) is 32.5 Å². The molecule has 2 fully saturated rings. The van der Waals surface area contributed by atoms with Crippen molar-refractivity contribution in [1.82, 2.24) is 19.4 Å². The zero-order valence-corrected chi connectivity index (χ0v) is 26.1. The molecule has 0 unspecified atom stereocenters. The number of hydrogen-bond acceptors (Lipinski definition) is 9. The number of ether oxygens (including phenoxy) is 3. The fourth-order valence-electron chi connectivity index (χ4n) is 6.19. The highest BCUT2D eigenvalue weighted by molar-refractivity contribution is 6.06. The molecule has 5 rings (SSSR count). The van der Waals surface area contributed by atoms with Crippen molar-refractivity contribution in [1.29, 1.82) is 0 Å². The molecule has 3 aliphatic heterocycles. The van der Waals surface area contributed by atoms with E-state index < -0.39 is 47.9 Å². The van der Waals surface area contributed by atoms with Crippen LogP contribution < -0.4 is 22.3 Å². The molecule has 4 heterocycles. The van der Waals surface area contributed by atoms with Gasteiger partial charge in [-0.2, -0.15) is 0 Å². The topological polar surface area (TPSA) is 161 Å². The quantitative estimate of drug-likeness (QED) is 0.338. The lowest BCUT2D eigenvalue weighted by Gasteiger charge is -2.37. The first-order valence-electron chi connectivity index (χ1n) is 15.7. The summed E-state index contributed by atoms with van der Waals surface area (Å²) in [6, 6.07) is 8.19. The Balaban J connectivity index is 1.34. The van der Waals surface area contributed by atoms with E-state index in [-0.39, 0.29) is 17.7 Å². The summed E-state index contributed by atoms with van der Waals surface area (Å²) in [6.07, 6.45) is 5.87. The fourth-order valence-corrected chi connectivity index (χ4v) is 6.19. The number of nitrogens with two attached hydrogens (primary N) is 1. The second-order valence-corrected chi connectivity index (χ2v) is 12.0. The van der Waals surface area contributed by atoms with Gasteiger partial charge in [0.2, 0.25) is 5.91 Å². The maximum atomic E-state index is 14.2. The molecule has 3 aliphatic rings. The molecule has 1 aromatic heterocycles. The van der Waals surface area contributed by atoms with Crippen molar-refractivity contribution in [3.8, 4) is 0 Å². The van der Waals surface area contributed by atoms with Crippen LogP contribution in [0.2, 0.25) is 0 Å². The van der Waals surface area contributed by atoms with Crippen LogP contribution in [0.25, 0.3) is 0 Å². The van der Waals surface area contributed by atoms with Crippen molar-refractivity contribution >= 4 is 17.5 Å².